The second-order valence-corrected chi connectivity index (χ2v) is 9.75. The number of hydrogen-bond acceptors (Lipinski definition) is 4. The van der Waals surface area contributed by atoms with E-state index in [1.54, 1.807) is 12.1 Å². The summed E-state index contributed by atoms with van der Waals surface area (Å²) >= 11 is 0. The molecule has 0 saturated heterocycles. The van der Waals surface area contributed by atoms with Gasteiger partial charge in [-0.3, -0.25) is 4.79 Å². The number of fused-ring (bicyclic) bond motifs is 1. The van der Waals surface area contributed by atoms with Gasteiger partial charge in [0.2, 0.25) is 15.9 Å². The maximum atomic E-state index is 12.9. The maximum absolute atomic E-state index is 12.9. The predicted molar refractivity (Wildman–Crippen MR) is 128 cm³/mol. The van der Waals surface area contributed by atoms with Gasteiger partial charge in [-0.2, -0.15) is 4.31 Å². The summed E-state index contributed by atoms with van der Waals surface area (Å²) < 4.78 is 29.2. The fourth-order valence-electron chi connectivity index (χ4n) is 3.90. The number of sulfonamides is 1. The van der Waals surface area contributed by atoms with E-state index in [0.717, 1.165) is 28.2 Å². The lowest BCUT2D eigenvalue weighted by atomic mass is 10.1. The molecule has 0 saturated carbocycles. The molecule has 3 rings (SSSR count). The second kappa shape index (κ2) is 9.83. The van der Waals surface area contributed by atoms with Crippen molar-refractivity contribution in [1.29, 1.82) is 0 Å². The van der Waals surface area contributed by atoms with Crippen LogP contribution < -0.4 is 5.32 Å². The van der Waals surface area contributed by atoms with E-state index in [-0.39, 0.29) is 10.8 Å². The van der Waals surface area contributed by atoms with E-state index < -0.39 is 10.0 Å². The molecule has 1 aromatic heterocycles. The second-order valence-electron chi connectivity index (χ2n) is 7.81. The van der Waals surface area contributed by atoms with Crippen LogP contribution in [0, 0.1) is 13.8 Å². The Balaban J connectivity index is 1.82. The third-order valence-corrected chi connectivity index (χ3v) is 7.96. The molecule has 1 N–H and O–H groups in total. The predicted octanol–water partition coefficient (Wildman–Crippen LogP) is 4.27. The first-order valence-electron chi connectivity index (χ1n) is 11.1. The van der Waals surface area contributed by atoms with Gasteiger partial charge in [0.1, 0.15) is 5.82 Å². The zero-order valence-corrected chi connectivity index (χ0v) is 20.3. The molecule has 0 aliphatic rings. The van der Waals surface area contributed by atoms with Gasteiger partial charge >= 0.3 is 0 Å². The summed E-state index contributed by atoms with van der Waals surface area (Å²) in [6, 6.07) is 10.9. The standard InChI is InChI=1S/C24H32N4O3S/c1-6-27(7-2)32(30,31)19-12-13-22-21(16-19)25-23(28(22)8-3)14-15-24(29)26-20-11-9-10-17(4)18(20)5/h9-13,16H,6-8,14-15H2,1-5H3,(H,26,29). The monoisotopic (exact) mass is 456 g/mol. The molecule has 8 heteroatoms. The molecular weight excluding hydrogens is 424 g/mol. The molecule has 0 fully saturated rings. The molecule has 0 unspecified atom stereocenters. The zero-order valence-electron chi connectivity index (χ0n) is 19.5. The van der Waals surface area contributed by atoms with Crippen LogP contribution in [0.3, 0.4) is 0 Å². The molecule has 0 aliphatic carbocycles. The van der Waals surface area contributed by atoms with Crippen LogP contribution in [0.5, 0.6) is 0 Å². The quantitative estimate of drug-likeness (QED) is 0.521. The fraction of sp³-hybridized carbons (Fsp3) is 0.417. The van der Waals surface area contributed by atoms with Crippen molar-refractivity contribution in [3.63, 3.8) is 0 Å². The minimum Gasteiger partial charge on any atom is -0.328 e. The van der Waals surface area contributed by atoms with Crippen molar-refractivity contribution in [2.24, 2.45) is 0 Å². The highest BCUT2D eigenvalue weighted by Gasteiger charge is 2.23. The number of imidazole rings is 1. The fourth-order valence-corrected chi connectivity index (χ4v) is 5.38. The highest BCUT2D eigenvalue weighted by molar-refractivity contribution is 7.89. The minimum absolute atomic E-state index is 0.0711. The Bertz CT molecular complexity index is 1230. The minimum atomic E-state index is -3.55. The van der Waals surface area contributed by atoms with Crippen molar-refractivity contribution in [2.75, 3.05) is 18.4 Å². The summed E-state index contributed by atoms with van der Waals surface area (Å²) in [5, 5.41) is 2.99. The lowest BCUT2D eigenvalue weighted by Crippen LogP contribution is -2.30. The molecule has 0 aliphatic heterocycles. The number of benzene rings is 2. The van der Waals surface area contributed by atoms with Crippen molar-refractivity contribution in [2.45, 2.75) is 58.9 Å². The Labute approximate surface area is 190 Å². The van der Waals surface area contributed by atoms with Crippen LogP contribution in [0.15, 0.2) is 41.3 Å². The molecule has 172 valence electrons. The number of amides is 1. The molecule has 32 heavy (non-hydrogen) atoms. The van der Waals surface area contributed by atoms with E-state index in [1.165, 1.54) is 4.31 Å². The summed E-state index contributed by atoms with van der Waals surface area (Å²) in [4.78, 5) is 17.5. The van der Waals surface area contributed by atoms with E-state index in [9.17, 15) is 13.2 Å². The third-order valence-electron chi connectivity index (χ3n) is 5.91. The number of nitrogens with zero attached hydrogens (tertiary/aromatic N) is 3. The topological polar surface area (TPSA) is 84.3 Å². The smallest absolute Gasteiger partial charge is 0.243 e. The van der Waals surface area contributed by atoms with Gasteiger partial charge in [-0.25, -0.2) is 13.4 Å². The number of aryl methyl sites for hydroxylation is 3. The molecule has 3 aromatic rings. The largest absolute Gasteiger partial charge is 0.328 e. The summed E-state index contributed by atoms with van der Waals surface area (Å²) in [7, 11) is -3.55. The van der Waals surface area contributed by atoms with E-state index >= 15 is 0 Å². The molecule has 2 aromatic carbocycles. The first kappa shape index (κ1) is 23.9. The van der Waals surface area contributed by atoms with Crippen molar-refractivity contribution >= 4 is 32.7 Å². The van der Waals surface area contributed by atoms with Gasteiger partial charge in [0.15, 0.2) is 0 Å². The van der Waals surface area contributed by atoms with E-state index in [0.29, 0.717) is 38.0 Å². The number of carbonyl (C=O) groups is 1. The summed E-state index contributed by atoms with van der Waals surface area (Å²) in [6.45, 7) is 11.2. The molecule has 1 heterocycles. The van der Waals surface area contributed by atoms with E-state index in [1.807, 2.05) is 63.5 Å². The highest BCUT2D eigenvalue weighted by atomic mass is 32.2. The van der Waals surface area contributed by atoms with Crippen LogP contribution in [0.1, 0.15) is 44.1 Å². The van der Waals surface area contributed by atoms with Gasteiger partial charge in [-0.1, -0.05) is 26.0 Å². The first-order valence-corrected chi connectivity index (χ1v) is 12.5. The molecule has 0 radical (unpaired) electrons. The lowest BCUT2D eigenvalue weighted by Gasteiger charge is -2.18. The zero-order chi connectivity index (χ0) is 23.5. The normalized spacial score (nSPS) is 11.9. The van der Waals surface area contributed by atoms with Crippen molar-refractivity contribution in [3.8, 4) is 0 Å². The molecule has 0 bridgehead atoms. The van der Waals surface area contributed by atoms with Crippen LogP contribution in [0.2, 0.25) is 0 Å². The van der Waals surface area contributed by atoms with Crippen LogP contribution in [0.4, 0.5) is 5.69 Å². The van der Waals surface area contributed by atoms with Crippen LogP contribution >= 0.6 is 0 Å². The van der Waals surface area contributed by atoms with Crippen LogP contribution in [0.25, 0.3) is 11.0 Å². The summed E-state index contributed by atoms with van der Waals surface area (Å²) in [5.74, 6) is 0.703. The van der Waals surface area contributed by atoms with Crippen LogP contribution in [-0.4, -0.2) is 41.3 Å². The van der Waals surface area contributed by atoms with E-state index in [2.05, 4.69) is 10.3 Å². The number of aromatic nitrogens is 2. The number of hydrogen-bond donors (Lipinski definition) is 1. The van der Waals surface area contributed by atoms with Gasteiger partial charge in [-0.05, 0) is 56.2 Å². The Morgan fingerprint density at radius 3 is 2.47 bits per heavy atom. The lowest BCUT2D eigenvalue weighted by molar-refractivity contribution is -0.116. The van der Waals surface area contributed by atoms with Crippen LogP contribution in [-0.2, 0) is 27.8 Å². The SMILES string of the molecule is CCN(CC)S(=O)(=O)c1ccc2c(c1)nc(CCC(=O)Nc1cccc(C)c1C)n2CC. The van der Waals surface area contributed by atoms with Gasteiger partial charge in [-0.15, -0.1) is 0 Å². The Kier molecular flexibility index (Phi) is 7.36. The number of nitrogens with one attached hydrogen (secondary N) is 1. The molecular formula is C24H32N4O3S. The van der Waals surface area contributed by atoms with Crippen molar-refractivity contribution in [3.05, 3.63) is 53.3 Å². The van der Waals surface area contributed by atoms with Gasteiger partial charge < -0.3 is 9.88 Å². The molecule has 7 nitrogen and oxygen atoms in total. The van der Waals surface area contributed by atoms with Gasteiger partial charge in [0.05, 0.1) is 15.9 Å². The molecule has 0 spiro atoms. The average molecular weight is 457 g/mol. The Morgan fingerprint density at radius 2 is 1.81 bits per heavy atom. The average Bonchev–Trinajstić information content (AvgIpc) is 3.13. The van der Waals surface area contributed by atoms with Gasteiger partial charge in [0, 0.05) is 38.2 Å². The molecule has 1 amide bonds. The third kappa shape index (κ3) is 4.71. The van der Waals surface area contributed by atoms with Crippen molar-refractivity contribution in [1.82, 2.24) is 13.9 Å². The van der Waals surface area contributed by atoms with Crippen molar-refractivity contribution < 1.29 is 13.2 Å². The van der Waals surface area contributed by atoms with E-state index in [4.69, 9.17) is 0 Å². The Hall–Kier alpha value is -2.71. The number of rotatable bonds is 9. The number of carbonyl (C=O) groups excluding carboxylic acids is 1. The summed E-state index contributed by atoms with van der Waals surface area (Å²) in [6.07, 6.45) is 0.763. The summed E-state index contributed by atoms with van der Waals surface area (Å²) in [5.41, 5.74) is 4.51. The highest BCUT2D eigenvalue weighted by Crippen LogP contribution is 2.24. The van der Waals surface area contributed by atoms with Gasteiger partial charge in [0.25, 0.3) is 0 Å². The maximum Gasteiger partial charge on any atom is 0.243 e. The first-order chi connectivity index (χ1) is 15.2. The molecule has 0 atom stereocenters. The Morgan fingerprint density at radius 1 is 1.09 bits per heavy atom. The number of anilines is 1.